The Hall–Kier alpha value is -1.26. The molecule has 0 saturated heterocycles. The molecule has 1 aromatic heterocycles. The minimum atomic E-state index is -4.58. The van der Waals surface area contributed by atoms with Crippen LogP contribution in [0.4, 0.5) is 13.2 Å². The van der Waals surface area contributed by atoms with Gasteiger partial charge in [0.15, 0.2) is 5.43 Å². The summed E-state index contributed by atoms with van der Waals surface area (Å²) in [6.45, 7) is 0. The Balaban J connectivity index is 3.16. The molecule has 0 bridgehead atoms. The molecule has 0 amide bonds. The summed E-state index contributed by atoms with van der Waals surface area (Å²) in [5, 5.41) is 0. The second kappa shape index (κ2) is 2.41. The standard InChI is InChI=1S/C6H3F3O2/c7-6(8,9)5-3-4(10)1-2-11-5/h1-3H. The van der Waals surface area contributed by atoms with E-state index in [1.807, 2.05) is 0 Å². The molecule has 1 aromatic rings. The van der Waals surface area contributed by atoms with Crippen molar-refractivity contribution in [3.05, 3.63) is 34.4 Å². The zero-order valence-corrected chi connectivity index (χ0v) is 5.18. The highest BCUT2D eigenvalue weighted by molar-refractivity contribution is 5.02. The van der Waals surface area contributed by atoms with Crippen molar-refractivity contribution in [1.82, 2.24) is 0 Å². The highest BCUT2D eigenvalue weighted by Gasteiger charge is 2.33. The van der Waals surface area contributed by atoms with Crippen molar-refractivity contribution in [3.8, 4) is 0 Å². The first-order valence-electron chi connectivity index (χ1n) is 2.66. The molecule has 0 atom stereocenters. The molecule has 5 heteroatoms. The predicted molar refractivity (Wildman–Crippen MR) is 30.0 cm³/mol. The molecule has 0 aliphatic carbocycles. The number of hydrogen-bond donors (Lipinski definition) is 0. The van der Waals surface area contributed by atoms with Crippen LogP contribution < -0.4 is 5.43 Å². The molecule has 0 aliphatic rings. The highest BCUT2D eigenvalue weighted by atomic mass is 19.4. The van der Waals surface area contributed by atoms with Crippen molar-refractivity contribution >= 4 is 0 Å². The molecule has 1 heterocycles. The molecule has 60 valence electrons. The number of alkyl halides is 3. The van der Waals surface area contributed by atoms with E-state index in [9.17, 15) is 18.0 Å². The Morgan fingerprint density at radius 3 is 2.36 bits per heavy atom. The van der Waals surface area contributed by atoms with Gasteiger partial charge in [0.1, 0.15) is 0 Å². The lowest BCUT2D eigenvalue weighted by atomic mass is 10.4. The Morgan fingerprint density at radius 2 is 2.00 bits per heavy atom. The topological polar surface area (TPSA) is 30.2 Å². The molecule has 11 heavy (non-hydrogen) atoms. The number of rotatable bonds is 0. The lowest BCUT2D eigenvalue weighted by molar-refractivity contribution is -0.154. The van der Waals surface area contributed by atoms with Crippen molar-refractivity contribution in [1.29, 1.82) is 0 Å². The summed E-state index contributed by atoms with van der Waals surface area (Å²) in [6.07, 6.45) is -3.87. The van der Waals surface area contributed by atoms with Gasteiger partial charge in [0.25, 0.3) is 0 Å². The number of halogens is 3. The summed E-state index contributed by atoms with van der Waals surface area (Å²) in [7, 11) is 0. The highest BCUT2D eigenvalue weighted by Crippen LogP contribution is 2.27. The van der Waals surface area contributed by atoms with Gasteiger partial charge in [-0.05, 0) is 0 Å². The molecule has 0 aliphatic heterocycles. The van der Waals surface area contributed by atoms with Crippen molar-refractivity contribution < 1.29 is 17.6 Å². The quantitative estimate of drug-likeness (QED) is 0.583. The Labute approximate surface area is 59.3 Å². The van der Waals surface area contributed by atoms with Crippen LogP contribution in [0.5, 0.6) is 0 Å². The maximum Gasteiger partial charge on any atom is 0.449 e. The molecule has 0 radical (unpaired) electrons. The van der Waals surface area contributed by atoms with Gasteiger partial charge in [0.2, 0.25) is 5.76 Å². The van der Waals surface area contributed by atoms with E-state index in [1.165, 1.54) is 0 Å². The van der Waals surface area contributed by atoms with Gasteiger partial charge < -0.3 is 4.42 Å². The normalized spacial score (nSPS) is 11.5. The molecule has 0 aromatic carbocycles. The summed E-state index contributed by atoms with van der Waals surface area (Å²) in [4.78, 5) is 10.4. The summed E-state index contributed by atoms with van der Waals surface area (Å²) in [6, 6.07) is 1.31. The Morgan fingerprint density at radius 1 is 1.36 bits per heavy atom. The van der Waals surface area contributed by atoms with Crippen LogP contribution in [0.3, 0.4) is 0 Å². The van der Waals surface area contributed by atoms with Crippen LogP contribution >= 0.6 is 0 Å². The maximum atomic E-state index is 11.7. The summed E-state index contributed by atoms with van der Waals surface area (Å²) < 4.78 is 39.3. The van der Waals surface area contributed by atoms with Crippen molar-refractivity contribution in [3.63, 3.8) is 0 Å². The first-order chi connectivity index (χ1) is 5.00. The van der Waals surface area contributed by atoms with Crippen LogP contribution in [0.15, 0.2) is 27.6 Å². The lowest BCUT2D eigenvalue weighted by Crippen LogP contribution is -2.08. The van der Waals surface area contributed by atoms with Gasteiger partial charge in [-0.25, -0.2) is 0 Å². The van der Waals surface area contributed by atoms with E-state index in [4.69, 9.17) is 0 Å². The first kappa shape index (κ1) is 7.84. The van der Waals surface area contributed by atoms with Crippen LogP contribution in [-0.2, 0) is 6.18 Å². The van der Waals surface area contributed by atoms with Crippen LogP contribution in [0.2, 0.25) is 0 Å². The summed E-state index contributed by atoms with van der Waals surface area (Å²) >= 11 is 0. The molecule has 0 unspecified atom stereocenters. The van der Waals surface area contributed by atoms with E-state index in [1.54, 1.807) is 0 Å². The maximum absolute atomic E-state index is 11.7. The molecule has 1 rings (SSSR count). The zero-order valence-electron chi connectivity index (χ0n) is 5.18. The average molecular weight is 164 g/mol. The third-order valence-corrected chi connectivity index (χ3v) is 0.980. The third kappa shape index (κ3) is 1.83. The van der Waals surface area contributed by atoms with Gasteiger partial charge in [-0.15, -0.1) is 0 Å². The fraction of sp³-hybridized carbons (Fsp3) is 0.167. The summed E-state index contributed by atoms with van der Waals surface area (Å²) in [5.41, 5.74) is -0.719. The van der Waals surface area contributed by atoms with Gasteiger partial charge in [-0.3, -0.25) is 4.79 Å². The SMILES string of the molecule is O=c1ccoc(C(F)(F)F)c1. The van der Waals surface area contributed by atoms with Gasteiger partial charge in [-0.2, -0.15) is 13.2 Å². The van der Waals surface area contributed by atoms with Gasteiger partial charge in [-0.1, -0.05) is 0 Å². The monoisotopic (exact) mass is 164 g/mol. The Bertz CT molecular complexity index is 299. The third-order valence-electron chi connectivity index (χ3n) is 0.980. The summed E-state index contributed by atoms with van der Waals surface area (Å²) in [5.74, 6) is -1.27. The molecular weight excluding hydrogens is 161 g/mol. The van der Waals surface area contributed by atoms with Crippen molar-refractivity contribution in [2.24, 2.45) is 0 Å². The smallest absolute Gasteiger partial charge is 0.449 e. The molecular formula is C6H3F3O2. The minimum absolute atomic E-state index is 0.403. The average Bonchev–Trinajstić information content (AvgIpc) is 1.86. The molecule has 0 spiro atoms. The second-order valence-corrected chi connectivity index (χ2v) is 1.83. The predicted octanol–water partition coefficient (Wildman–Crippen LogP) is 1.66. The second-order valence-electron chi connectivity index (χ2n) is 1.83. The van der Waals surface area contributed by atoms with Crippen LogP contribution in [0, 0.1) is 0 Å². The fourth-order valence-electron chi connectivity index (χ4n) is 0.534. The van der Waals surface area contributed by atoms with E-state index in [0.717, 1.165) is 6.07 Å². The molecule has 0 saturated carbocycles. The van der Waals surface area contributed by atoms with Crippen molar-refractivity contribution in [2.75, 3.05) is 0 Å². The van der Waals surface area contributed by atoms with E-state index in [2.05, 4.69) is 4.42 Å². The van der Waals surface area contributed by atoms with Crippen LogP contribution in [-0.4, -0.2) is 0 Å². The first-order valence-corrected chi connectivity index (χ1v) is 2.66. The van der Waals surface area contributed by atoms with Crippen LogP contribution in [0.1, 0.15) is 5.76 Å². The van der Waals surface area contributed by atoms with E-state index >= 15 is 0 Å². The van der Waals surface area contributed by atoms with E-state index in [0.29, 0.717) is 12.3 Å². The molecule has 2 nitrogen and oxygen atoms in total. The van der Waals surface area contributed by atoms with E-state index in [-0.39, 0.29) is 0 Å². The number of hydrogen-bond acceptors (Lipinski definition) is 2. The zero-order chi connectivity index (χ0) is 8.48. The van der Waals surface area contributed by atoms with Crippen LogP contribution in [0.25, 0.3) is 0 Å². The van der Waals surface area contributed by atoms with E-state index < -0.39 is 17.4 Å². The minimum Gasteiger partial charge on any atom is -0.459 e. The lowest BCUT2D eigenvalue weighted by Gasteiger charge is -2.01. The van der Waals surface area contributed by atoms with Gasteiger partial charge >= 0.3 is 6.18 Å². The molecule has 0 N–H and O–H groups in total. The largest absolute Gasteiger partial charge is 0.459 e. The van der Waals surface area contributed by atoms with Crippen molar-refractivity contribution in [2.45, 2.75) is 6.18 Å². The van der Waals surface area contributed by atoms with Gasteiger partial charge in [0, 0.05) is 12.1 Å². The van der Waals surface area contributed by atoms with Gasteiger partial charge in [0.05, 0.1) is 6.26 Å². The molecule has 0 fully saturated rings. The fourth-order valence-corrected chi connectivity index (χ4v) is 0.534. The Kier molecular flexibility index (Phi) is 1.72.